The number of morpholine rings is 1. The molecule has 8 heteroatoms. The van der Waals surface area contributed by atoms with Crippen molar-refractivity contribution < 1.29 is 18.8 Å². The molecule has 1 amide bonds. The van der Waals surface area contributed by atoms with Gasteiger partial charge in [0.2, 0.25) is 5.91 Å². The smallest absolute Gasteiger partial charge is 0.236 e. The molecule has 0 spiro atoms. The molecule has 2 aliphatic rings. The number of rotatable bonds is 6. The van der Waals surface area contributed by atoms with E-state index in [1.807, 2.05) is 35.2 Å². The van der Waals surface area contributed by atoms with Gasteiger partial charge in [0.05, 0.1) is 33.4 Å². The summed E-state index contributed by atoms with van der Waals surface area (Å²) < 4.78 is 16.3. The van der Waals surface area contributed by atoms with E-state index in [0.717, 1.165) is 48.9 Å². The number of hydrogen-bond acceptors (Lipinski definition) is 7. The van der Waals surface area contributed by atoms with Gasteiger partial charge < -0.3 is 18.9 Å². The van der Waals surface area contributed by atoms with Crippen LogP contribution in [0.1, 0.15) is 5.76 Å². The van der Waals surface area contributed by atoms with E-state index in [9.17, 15) is 4.79 Å². The molecule has 0 N–H and O–H groups in total. The number of hydrogen-bond donors (Lipinski definition) is 0. The largest absolute Gasteiger partial charge is 0.496 e. The van der Waals surface area contributed by atoms with E-state index >= 15 is 0 Å². The van der Waals surface area contributed by atoms with Crippen molar-refractivity contribution >= 4 is 5.91 Å². The van der Waals surface area contributed by atoms with Gasteiger partial charge in [-0.05, 0) is 12.1 Å². The standard InChI is InChI=1S/C21H28N4O4/c1-27-20-5-3-2-4-18(20)19-14-17(29-22-19)15-23-6-8-24(9-7-23)16-21(26)25-10-12-28-13-11-25/h2-5,14H,6-13,15-16H2,1H3. The molecule has 0 radical (unpaired) electrons. The van der Waals surface area contributed by atoms with Crippen LogP contribution in [-0.4, -0.2) is 91.9 Å². The van der Waals surface area contributed by atoms with E-state index in [1.54, 1.807) is 7.11 Å². The van der Waals surface area contributed by atoms with Crippen LogP contribution < -0.4 is 4.74 Å². The summed E-state index contributed by atoms with van der Waals surface area (Å²) in [7, 11) is 1.66. The quantitative estimate of drug-likeness (QED) is 0.724. The summed E-state index contributed by atoms with van der Waals surface area (Å²) in [5, 5.41) is 4.21. The molecule has 1 aromatic heterocycles. The second-order valence-corrected chi connectivity index (χ2v) is 7.42. The van der Waals surface area contributed by atoms with E-state index in [1.165, 1.54) is 0 Å². The topological polar surface area (TPSA) is 71.3 Å². The van der Waals surface area contributed by atoms with Gasteiger partial charge in [0, 0.05) is 50.9 Å². The number of para-hydroxylation sites is 1. The predicted octanol–water partition coefficient (Wildman–Crippen LogP) is 1.33. The van der Waals surface area contributed by atoms with Crippen molar-refractivity contribution in [3.8, 4) is 17.0 Å². The number of methoxy groups -OCH3 is 1. The Balaban J connectivity index is 1.27. The van der Waals surface area contributed by atoms with E-state index in [0.29, 0.717) is 39.4 Å². The van der Waals surface area contributed by atoms with Crippen LogP contribution in [0.3, 0.4) is 0 Å². The van der Waals surface area contributed by atoms with Gasteiger partial charge in [0.15, 0.2) is 5.76 Å². The maximum atomic E-state index is 12.4. The summed E-state index contributed by atoms with van der Waals surface area (Å²) >= 11 is 0. The first kappa shape index (κ1) is 19.9. The van der Waals surface area contributed by atoms with Crippen LogP contribution in [0, 0.1) is 0 Å². The average molecular weight is 400 g/mol. The zero-order valence-corrected chi connectivity index (χ0v) is 16.9. The molecule has 1 aromatic carbocycles. The zero-order chi connectivity index (χ0) is 20.1. The Morgan fingerprint density at radius 3 is 2.55 bits per heavy atom. The lowest BCUT2D eigenvalue weighted by atomic mass is 10.1. The fourth-order valence-corrected chi connectivity index (χ4v) is 3.80. The highest BCUT2D eigenvalue weighted by molar-refractivity contribution is 5.78. The average Bonchev–Trinajstić information content (AvgIpc) is 3.24. The first-order valence-electron chi connectivity index (χ1n) is 10.1. The molecule has 2 saturated heterocycles. The Morgan fingerprint density at radius 2 is 1.79 bits per heavy atom. The minimum atomic E-state index is 0.207. The number of amides is 1. The Morgan fingerprint density at radius 1 is 1.07 bits per heavy atom. The molecule has 29 heavy (non-hydrogen) atoms. The lowest BCUT2D eigenvalue weighted by molar-refractivity contribution is -0.136. The van der Waals surface area contributed by atoms with E-state index in [2.05, 4.69) is 15.0 Å². The van der Waals surface area contributed by atoms with Crippen LogP contribution in [0.4, 0.5) is 0 Å². The highest BCUT2D eigenvalue weighted by Crippen LogP contribution is 2.29. The fraction of sp³-hybridized carbons (Fsp3) is 0.524. The SMILES string of the molecule is COc1ccccc1-c1cc(CN2CCN(CC(=O)N3CCOCC3)CC2)on1. The van der Waals surface area contributed by atoms with Crippen molar-refractivity contribution in [2.75, 3.05) is 66.1 Å². The normalized spacial score (nSPS) is 18.7. The van der Waals surface area contributed by atoms with Gasteiger partial charge in [-0.15, -0.1) is 0 Å². The number of ether oxygens (including phenoxy) is 2. The van der Waals surface area contributed by atoms with Crippen LogP contribution >= 0.6 is 0 Å². The number of aromatic nitrogens is 1. The Hall–Kier alpha value is -2.42. The van der Waals surface area contributed by atoms with Crippen molar-refractivity contribution in [3.63, 3.8) is 0 Å². The summed E-state index contributed by atoms with van der Waals surface area (Å²) in [6.07, 6.45) is 0. The van der Waals surface area contributed by atoms with Crippen molar-refractivity contribution in [2.24, 2.45) is 0 Å². The molecule has 156 valence electrons. The van der Waals surface area contributed by atoms with E-state index in [4.69, 9.17) is 14.0 Å². The van der Waals surface area contributed by atoms with Crippen molar-refractivity contribution in [1.82, 2.24) is 19.9 Å². The van der Waals surface area contributed by atoms with Crippen LogP contribution in [0.15, 0.2) is 34.9 Å². The van der Waals surface area contributed by atoms with Crippen molar-refractivity contribution in [1.29, 1.82) is 0 Å². The number of carbonyl (C=O) groups excluding carboxylic acids is 1. The molecular weight excluding hydrogens is 372 g/mol. The van der Waals surface area contributed by atoms with Gasteiger partial charge >= 0.3 is 0 Å². The minimum Gasteiger partial charge on any atom is -0.496 e. The summed E-state index contributed by atoms with van der Waals surface area (Å²) in [5.74, 6) is 1.83. The number of carbonyl (C=O) groups is 1. The molecule has 0 aliphatic carbocycles. The second kappa shape index (κ2) is 9.39. The minimum absolute atomic E-state index is 0.207. The lowest BCUT2D eigenvalue weighted by Gasteiger charge is -2.35. The van der Waals surface area contributed by atoms with Crippen LogP contribution in [0.25, 0.3) is 11.3 Å². The van der Waals surface area contributed by atoms with Gasteiger partial charge in [-0.25, -0.2) is 0 Å². The van der Waals surface area contributed by atoms with Crippen LogP contribution in [0.2, 0.25) is 0 Å². The molecule has 2 aromatic rings. The Kier molecular flexibility index (Phi) is 6.43. The highest BCUT2D eigenvalue weighted by Gasteiger charge is 2.23. The molecular formula is C21H28N4O4. The van der Waals surface area contributed by atoms with Gasteiger partial charge in [-0.3, -0.25) is 14.6 Å². The zero-order valence-electron chi connectivity index (χ0n) is 16.9. The molecule has 8 nitrogen and oxygen atoms in total. The first-order valence-corrected chi connectivity index (χ1v) is 10.1. The summed E-state index contributed by atoms with van der Waals surface area (Å²) in [4.78, 5) is 18.9. The fourth-order valence-electron chi connectivity index (χ4n) is 3.80. The number of piperazine rings is 1. The number of benzene rings is 1. The van der Waals surface area contributed by atoms with Gasteiger partial charge in [-0.1, -0.05) is 17.3 Å². The molecule has 0 bridgehead atoms. The summed E-state index contributed by atoms with van der Waals surface area (Å²) in [6.45, 7) is 7.48. The number of nitrogens with zero attached hydrogens (tertiary/aromatic N) is 4. The second-order valence-electron chi connectivity index (χ2n) is 7.42. The van der Waals surface area contributed by atoms with E-state index < -0.39 is 0 Å². The lowest BCUT2D eigenvalue weighted by Crippen LogP contribution is -2.51. The first-order chi connectivity index (χ1) is 14.2. The molecule has 0 saturated carbocycles. The van der Waals surface area contributed by atoms with Gasteiger partial charge in [-0.2, -0.15) is 0 Å². The monoisotopic (exact) mass is 400 g/mol. The van der Waals surface area contributed by atoms with Crippen LogP contribution in [0.5, 0.6) is 5.75 Å². The summed E-state index contributed by atoms with van der Waals surface area (Å²) in [6, 6.07) is 9.77. The van der Waals surface area contributed by atoms with E-state index in [-0.39, 0.29) is 5.91 Å². The third-order valence-corrected chi connectivity index (χ3v) is 5.51. The highest BCUT2D eigenvalue weighted by atomic mass is 16.5. The predicted molar refractivity (Wildman–Crippen MR) is 108 cm³/mol. The molecule has 3 heterocycles. The summed E-state index contributed by atoms with van der Waals surface area (Å²) in [5.41, 5.74) is 1.71. The molecule has 2 fully saturated rings. The third-order valence-electron chi connectivity index (χ3n) is 5.51. The molecule has 4 rings (SSSR count). The third kappa shape index (κ3) is 4.95. The van der Waals surface area contributed by atoms with Crippen LogP contribution in [-0.2, 0) is 16.1 Å². The van der Waals surface area contributed by atoms with Gasteiger partial charge in [0.25, 0.3) is 0 Å². The van der Waals surface area contributed by atoms with Crippen molar-refractivity contribution in [3.05, 3.63) is 36.1 Å². The van der Waals surface area contributed by atoms with Gasteiger partial charge in [0.1, 0.15) is 11.4 Å². The molecule has 2 aliphatic heterocycles. The Labute approximate surface area is 170 Å². The molecule has 0 atom stereocenters. The maximum Gasteiger partial charge on any atom is 0.236 e. The van der Waals surface area contributed by atoms with Crippen molar-refractivity contribution in [2.45, 2.75) is 6.54 Å². The molecule has 0 unspecified atom stereocenters. The maximum absolute atomic E-state index is 12.4. The Bertz CT molecular complexity index is 811.